The molecular formula is C11H22N2O. The van der Waals surface area contributed by atoms with Gasteiger partial charge in [-0.3, -0.25) is 0 Å². The number of hydrogen-bond acceptors (Lipinski definition) is 3. The normalized spacial score (nSPS) is 40.3. The molecule has 3 heteroatoms. The molecule has 0 bridgehead atoms. The smallest absolute Gasteiger partial charge is 0.0702 e. The molecule has 2 heterocycles. The number of likely N-dealkylation sites (tertiary alicyclic amines) is 1. The zero-order valence-corrected chi connectivity index (χ0v) is 9.11. The summed E-state index contributed by atoms with van der Waals surface area (Å²) in [5.74, 6) is 0.644. The van der Waals surface area contributed by atoms with Crippen LogP contribution in [-0.2, 0) is 4.74 Å². The zero-order valence-electron chi connectivity index (χ0n) is 9.11. The standard InChI is InChI=1S/C11H22N2O/c1-9-7-13(5-4-11(9)12)8-10-3-2-6-14-10/h9-11H,2-8,12H2,1H3/t9-,10-,11-/m0/s1. The average Bonchev–Trinajstić information content (AvgIpc) is 2.64. The van der Waals surface area contributed by atoms with Crippen molar-refractivity contribution in [1.29, 1.82) is 0 Å². The summed E-state index contributed by atoms with van der Waals surface area (Å²) in [6, 6.07) is 0.413. The highest BCUT2D eigenvalue weighted by atomic mass is 16.5. The molecule has 2 N–H and O–H groups in total. The van der Waals surface area contributed by atoms with Gasteiger partial charge in [-0.15, -0.1) is 0 Å². The van der Waals surface area contributed by atoms with Gasteiger partial charge in [0, 0.05) is 25.7 Å². The van der Waals surface area contributed by atoms with E-state index >= 15 is 0 Å². The second kappa shape index (κ2) is 4.60. The Morgan fingerprint density at radius 2 is 2.29 bits per heavy atom. The summed E-state index contributed by atoms with van der Waals surface area (Å²) in [7, 11) is 0. The van der Waals surface area contributed by atoms with Crippen LogP contribution in [0.1, 0.15) is 26.2 Å². The van der Waals surface area contributed by atoms with Crippen molar-refractivity contribution >= 4 is 0 Å². The number of piperidine rings is 1. The van der Waals surface area contributed by atoms with E-state index in [0.717, 1.165) is 32.7 Å². The first kappa shape index (κ1) is 10.4. The van der Waals surface area contributed by atoms with Gasteiger partial charge in [0.1, 0.15) is 0 Å². The quantitative estimate of drug-likeness (QED) is 0.714. The van der Waals surface area contributed by atoms with E-state index in [1.165, 1.54) is 12.8 Å². The Bertz CT molecular complexity index is 180. The molecular weight excluding hydrogens is 176 g/mol. The lowest BCUT2D eigenvalue weighted by atomic mass is 9.94. The minimum Gasteiger partial charge on any atom is -0.377 e. The van der Waals surface area contributed by atoms with E-state index in [4.69, 9.17) is 10.5 Å². The molecule has 82 valence electrons. The van der Waals surface area contributed by atoms with E-state index in [9.17, 15) is 0 Å². The van der Waals surface area contributed by atoms with E-state index in [0.29, 0.717) is 18.1 Å². The summed E-state index contributed by atoms with van der Waals surface area (Å²) in [6.45, 7) is 6.66. The number of ether oxygens (including phenoxy) is 1. The fraction of sp³-hybridized carbons (Fsp3) is 1.00. The highest BCUT2D eigenvalue weighted by Crippen LogP contribution is 2.18. The summed E-state index contributed by atoms with van der Waals surface area (Å²) >= 11 is 0. The van der Waals surface area contributed by atoms with Crippen LogP contribution in [0.4, 0.5) is 0 Å². The molecule has 0 unspecified atom stereocenters. The molecule has 2 rings (SSSR count). The lowest BCUT2D eigenvalue weighted by molar-refractivity contribution is 0.0548. The first-order valence-corrected chi connectivity index (χ1v) is 5.85. The predicted molar refractivity (Wildman–Crippen MR) is 57.2 cm³/mol. The van der Waals surface area contributed by atoms with Gasteiger partial charge in [-0.25, -0.2) is 0 Å². The monoisotopic (exact) mass is 198 g/mol. The van der Waals surface area contributed by atoms with Gasteiger partial charge in [-0.2, -0.15) is 0 Å². The van der Waals surface area contributed by atoms with Gasteiger partial charge in [0.05, 0.1) is 6.10 Å². The van der Waals surface area contributed by atoms with Gasteiger partial charge in [0.2, 0.25) is 0 Å². The van der Waals surface area contributed by atoms with Crippen molar-refractivity contribution < 1.29 is 4.74 Å². The van der Waals surface area contributed by atoms with Crippen LogP contribution in [0, 0.1) is 5.92 Å². The van der Waals surface area contributed by atoms with Crippen LogP contribution in [0.25, 0.3) is 0 Å². The molecule has 0 aromatic carbocycles. The molecule has 0 aliphatic carbocycles. The summed E-state index contributed by atoms with van der Waals surface area (Å²) in [6.07, 6.45) is 4.13. The van der Waals surface area contributed by atoms with Crippen molar-refractivity contribution in [2.75, 3.05) is 26.2 Å². The molecule has 0 aromatic rings. The summed E-state index contributed by atoms with van der Waals surface area (Å²) in [4.78, 5) is 2.52. The highest BCUT2D eigenvalue weighted by molar-refractivity contribution is 4.82. The van der Waals surface area contributed by atoms with Crippen LogP contribution in [0.15, 0.2) is 0 Å². The van der Waals surface area contributed by atoms with Gasteiger partial charge >= 0.3 is 0 Å². The topological polar surface area (TPSA) is 38.5 Å². The van der Waals surface area contributed by atoms with Crippen molar-refractivity contribution in [3.63, 3.8) is 0 Å². The van der Waals surface area contributed by atoms with Crippen LogP contribution in [0.5, 0.6) is 0 Å². The largest absolute Gasteiger partial charge is 0.377 e. The van der Waals surface area contributed by atoms with E-state index in [-0.39, 0.29) is 0 Å². The van der Waals surface area contributed by atoms with Gasteiger partial charge in [-0.05, 0) is 31.7 Å². The predicted octanol–water partition coefficient (Wildman–Crippen LogP) is 0.835. The Hall–Kier alpha value is -0.120. The van der Waals surface area contributed by atoms with E-state index in [2.05, 4.69) is 11.8 Å². The molecule has 3 nitrogen and oxygen atoms in total. The average molecular weight is 198 g/mol. The van der Waals surface area contributed by atoms with E-state index in [1.807, 2.05) is 0 Å². The number of nitrogens with zero attached hydrogens (tertiary/aromatic N) is 1. The van der Waals surface area contributed by atoms with Gasteiger partial charge in [-0.1, -0.05) is 6.92 Å². The Kier molecular flexibility index (Phi) is 3.42. The van der Waals surface area contributed by atoms with Gasteiger partial charge < -0.3 is 15.4 Å². The lowest BCUT2D eigenvalue weighted by Crippen LogP contribution is -2.47. The van der Waals surface area contributed by atoms with Crippen molar-refractivity contribution in [3.8, 4) is 0 Å². The molecule has 2 aliphatic heterocycles. The van der Waals surface area contributed by atoms with E-state index < -0.39 is 0 Å². The summed E-state index contributed by atoms with van der Waals surface area (Å²) < 4.78 is 5.64. The lowest BCUT2D eigenvalue weighted by Gasteiger charge is -2.36. The third-order valence-corrected chi connectivity index (χ3v) is 3.54. The second-order valence-electron chi connectivity index (χ2n) is 4.82. The third-order valence-electron chi connectivity index (χ3n) is 3.54. The van der Waals surface area contributed by atoms with Crippen LogP contribution in [0.2, 0.25) is 0 Å². The fourth-order valence-corrected chi connectivity index (χ4v) is 2.49. The molecule has 0 spiro atoms. The Labute approximate surface area is 86.6 Å². The Morgan fingerprint density at radius 3 is 2.93 bits per heavy atom. The fourth-order valence-electron chi connectivity index (χ4n) is 2.49. The van der Waals surface area contributed by atoms with Crippen LogP contribution < -0.4 is 5.73 Å². The minimum absolute atomic E-state index is 0.413. The molecule has 2 aliphatic rings. The van der Waals surface area contributed by atoms with Gasteiger partial charge in [0.15, 0.2) is 0 Å². The summed E-state index contributed by atoms with van der Waals surface area (Å²) in [5.41, 5.74) is 5.99. The first-order chi connectivity index (χ1) is 6.75. The van der Waals surface area contributed by atoms with Gasteiger partial charge in [0.25, 0.3) is 0 Å². The number of nitrogens with two attached hydrogens (primary N) is 1. The van der Waals surface area contributed by atoms with E-state index in [1.54, 1.807) is 0 Å². The number of hydrogen-bond donors (Lipinski definition) is 1. The zero-order chi connectivity index (χ0) is 9.97. The SMILES string of the molecule is C[C@H]1CN(C[C@@H]2CCCO2)CC[C@@H]1N. The first-order valence-electron chi connectivity index (χ1n) is 5.85. The molecule has 14 heavy (non-hydrogen) atoms. The molecule has 2 fully saturated rings. The molecule has 0 radical (unpaired) electrons. The number of rotatable bonds is 2. The highest BCUT2D eigenvalue weighted by Gasteiger charge is 2.26. The second-order valence-corrected chi connectivity index (χ2v) is 4.82. The van der Waals surface area contributed by atoms with Crippen molar-refractivity contribution in [3.05, 3.63) is 0 Å². The maximum Gasteiger partial charge on any atom is 0.0702 e. The molecule has 0 aromatic heterocycles. The van der Waals surface area contributed by atoms with Crippen molar-refractivity contribution in [2.45, 2.75) is 38.3 Å². The third kappa shape index (κ3) is 2.47. The maximum absolute atomic E-state index is 5.99. The molecule has 3 atom stereocenters. The minimum atomic E-state index is 0.413. The summed E-state index contributed by atoms with van der Waals surface area (Å²) in [5, 5.41) is 0. The van der Waals surface area contributed by atoms with Crippen molar-refractivity contribution in [2.24, 2.45) is 11.7 Å². The van der Waals surface area contributed by atoms with Crippen LogP contribution in [0.3, 0.4) is 0 Å². The maximum atomic E-state index is 5.99. The molecule has 2 saturated heterocycles. The Balaban J connectivity index is 1.75. The van der Waals surface area contributed by atoms with Crippen LogP contribution >= 0.6 is 0 Å². The molecule has 0 saturated carbocycles. The van der Waals surface area contributed by atoms with Crippen LogP contribution in [-0.4, -0.2) is 43.3 Å². The Morgan fingerprint density at radius 1 is 1.43 bits per heavy atom. The molecule has 0 amide bonds. The van der Waals surface area contributed by atoms with Crippen molar-refractivity contribution in [1.82, 2.24) is 4.90 Å².